The summed E-state index contributed by atoms with van der Waals surface area (Å²) in [6, 6.07) is 26.8. The van der Waals surface area contributed by atoms with Gasteiger partial charge in [-0.15, -0.1) is 0 Å². The molecule has 0 aliphatic heterocycles. The summed E-state index contributed by atoms with van der Waals surface area (Å²) >= 11 is 6.14. The summed E-state index contributed by atoms with van der Waals surface area (Å²) in [5, 5.41) is 7.97. The fourth-order valence-electron chi connectivity index (χ4n) is 3.50. The van der Waals surface area contributed by atoms with E-state index in [0.717, 1.165) is 27.9 Å². The Balaban J connectivity index is 1.50. The molecule has 0 saturated carbocycles. The number of halogens is 1. The molecule has 0 aliphatic rings. The summed E-state index contributed by atoms with van der Waals surface area (Å²) in [6.45, 7) is 0. The summed E-state index contributed by atoms with van der Waals surface area (Å²) in [5.41, 5.74) is 5.29. The summed E-state index contributed by atoms with van der Waals surface area (Å²) < 4.78 is 1.64. The van der Waals surface area contributed by atoms with Gasteiger partial charge in [-0.05, 0) is 35.4 Å². The number of nitrogens with one attached hydrogen (secondary N) is 1. The number of amides is 1. The van der Waals surface area contributed by atoms with Crippen molar-refractivity contribution in [3.63, 3.8) is 0 Å². The maximum Gasteiger partial charge on any atom is 0.274 e. The first-order valence-electron chi connectivity index (χ1n) is 9.75. The molecule has 2 aromatic heterocycles. The van der Waals surface area contributed by atoms with Gasteiger partial charge >= 0.3 is 0 Å². The molecular formula is C25H17ClN4O. The van der Waals surface area contributed by atoms with E-state index in [2.05, 4.69) is 15.4 Å². The molecule has 0 saturated heterocycles. The zero-order valence-electron chi connectivity index (χ0n) is 16.4. The second-order valence-electron chi connectivity index (χ2n) is 7.02. The van der Waals surface area contributed by atoms with Gasteiger partial charge in [-0.1, -0.05) is 72.3 Å². The van der Waals surface area contributed by atoms with Crippen LogP contribution in [0.1, 0.15) is 10.5 Å². The van der Waals surface area contributed by atoms with Gasteiger partial charge in [0.25, 0.3) is 5.91 Å². The van der Waals surface area contributed by atoms with Crippen molar-refractivity contribution in [1.82, 2.24) is 14.6 Å². The Morgan fingerprint density at radius 2 is 1.61 bits per heavy atom. The summed E-state index contributed by atoms with van der Waals surface area (Å²) in [4.78, 5) is 17.6. The third-order valence-corrected chi connectivity index (χ3v) is 5.23. The molecule has 2 heterocycles. The molecule has 5 rings (SSSR count). The van der Waals surface area contributed by atoms with Gasteiger partial charge in [-0.25, -0.2) is 9.50 Å². The van der Waals surface area contributed by atoms with E-state index in [1.165, 1.54) is 0 Å². The Hall–Kier alpha value is -3.96. The SMILES string of the molecule is O=C(Nc1ccccc1-c1ccccc1)c1ccn2ncc(-c3cccc(Cl)c3)c2n1. The molecule has 0 radical (unpaired) electrons. The molecule has 3 aromatic carbocycles. The van der Waals surface area contributed by atoms with E-state index in [0.29, 0.717) is 16.4 Å². The number of fused-ring (bicyclic) bond motifs is 1. The zero-order chi connectivity index (χ0) is 21.2. The minimum absolute atomic E-state index is 0.288. The molecule has 0 unspecified atom stereocenters. The van der Waals surface area contributed by atoms with Crippen LogP contribution >= 0.6 is 11.6 Å². The lowest BCUT2D eigenvalue weighted by Gasteiger charge is -2.11. The number of hydrogen-bond donors (Lipinski definition) is 1. The van der Waals surface area contributed by atoms with Crippen LogP contribution in [0.25, 0.3) is 27.9 Å². The summed E-state index contributed by atoms with van der Waals surface area (Å²) in [5.74, 6) is -0.288. The van der Waals surface area contributed by atoms with Crippen molar-refractivity contribution in [1.29, 1.82) is 0 Å². The van der Waals surface area contributed by atoms with E-state index in [-0.39, 0.29) is 5.91 Å². The topological polar surface area (TPSA) is 59.3 Å². The number of para-hydroxylation sites is 1. The Morgan fingerprint density at radius 1 is 0.839 bits per heavy atom. The van der Waals surface area contributed by atoms with E-state index < -0.39 is 0 Å². The molecule has 0 atom stereocenters. The van der Waals surface area contributed by atoms with Gasteiger partial charge in [0, 0.05) is 28.0 Å². The Morgan fingerprint density at radius 3 is 2.45 bits per heavy atom. The predicted octanol–water partition coefficient (Wildman–Crippen LogP) is 5.97. The minimum atomic E-state index is -0.288. The van der Waals surface area contributed by atoms with Crippen LogP contribution in [0.5, 0.6) is 0 Å². The van der Waals surface area contributed by atoms with Crippen LogP contribution in [-0.4, -0.2) is 20.5 Å². The number of carbonyl (C=O) groups excluding carboxylic acids is 1. The number of nitrogens with zero attached hydrogens (tertiary/aromatic N) is 3. The number of aromatic nitrogens is 3. The Labute approximate surface area is 184 Å². The molecule has 0 spiro atoms. The van der Waals surface area contributed by atoms with Crippen molar-refractivity contribution >= 4 is 28.8 Å². The molecule has 1 amide bonds. The van der Waals surface area contributed by atoms with Crippen LogP contribution in [0, 0.1) is 0 Å². The third kappa shape index (κ3) is 3.79. The fourth-order valence-corrected chi connectivity index (χ4v) is 3.69. The van der Waals surface area contributed by atoms with Crippen LogP contribution in [0.2, 0.25) is 5.02 Å². The molecule has 150 valence electrons. The lowest BCUT2D eigenvalue weighted by atomic mass is 10.0. The number of carbonyl (C=O) groups is 1. The highest BCUT2D eigenvalue weighted by Crippen LogP contribution is 2.29. The molecule has 0 bridgehead atoms. The van der Waals surface area contributed by atoms with Crippen molar-refractivity contribution in [2.24, 2.45) is 0 Å². The molecular weight excluding hydrogens is 408 g/mol. The maximum absolute atomic E-state index is 13.0. The lowest BCUT2D eigenvalue weighted by Crippen LogP contribution is -2.15. The standard InChI is InChI=1S/C25H17ClN4O/c26-19-10-6-9-18(15-19)21-16-27-30-14-13-23(28-24(21)30)25(31)29-22-12-5-4-11-20(22)17-7-2-1-3-8-17/h1-16H,(H,29,31). The highest BCUT2D eigenvalue weighted by Gasteiger charge is 2.15. The van der Waals surface area contributed by atoms with E-state index in [1.807, 2.05) is 78.9 Å². The Bertz CT molecular complexity index is 1400. The van der Waals surface area contributed by atoms with Crippen molar-refractivity contribution in [2.45, 2.75) is 0 Å². The smallest absolute Gasteiger partial charge is 0.274 e. The average molecular weight is 425 g/mol. The van der Waals surface area contributed by atoms with Crippen LogP contribution in [0.4, 0.5) is 5.69 Å². The highest BCUT2D eigenvalue weighted by molar-refractivity contribution is 6.30. The van der Waals surface area contributed by atoms with Crippen molar-refractivity contribution < 1.29 is 4.79 Å². The highest BCUT2D eigenvalue weighted by atomic mass is 35.5. The number of hydrogen-bond acceptors (Lipinski definition) is 3. The first kappa shape index (κ1) is 19.0. The molecule has 0 fully saturated rings. The van der Waals surface area contributed by atoms with Gasteiger partial charge in [0.15, 0.2) is 5.65 Å². The van der Waals surface area contributed by atoms with Crippen LogP contribution < -0.4 is 5.32 Å². The monoisotopic (exact) mass is 424 g/mol. The number of benzene rings is 3. The van der Waals surface area contributed by atoms with E-state index in [1.54, 1.807) is 23.0 Å². The number of anilines is 1. The van der Waals surface area contributed by atoms with Gasteiger partial charge < -0.3 is 5.32 Å². The van der Waals surface area contributed by atoms with Crippen LogP contribution in [0.15, 0.2) is 97.3 Å². The normalized spacial score (nSPS) is 10.9. The maximum atomic E-state index is 13.0. The first-order valence-corrected chi connectivity index (χ1v) is 10.1. The second kappa shape index (κ2) is 8.05. The first-order chi connectivity index (χ1) is 15.2. The van der Waals surface area contributed by atoms with Gasteiger partial charge in [0.1, 0.15) is 5.69 Å². The predicted molar refractivity (Wildman–Crippen MR) is 123 cm³/mol. The molecule has 31 heavy (non-hydrogen) atoms. The zero-order valence-corrected chi connectivity index (χ0v) is 17.1. The van der Waals surface area contributed by atoms with Crippen molar-refractivity contribution in [2.75, 3.05) is 5.32 Å². The van der Waals surface area contributed by atoms with Crippen LogP contribution in [0.3, 0.4) is 0 Å². The molecule has 0 aliphatic carbocycles. The van der Waals surface area contributed by atoms with Gasteiger partial charge in [0.2, 0.25) is 0 Å². The van der Waals surface area contributed by atoms with Crippen LogP contribution in [-0.2, 0) is 0 Å². The quantitative estimate of drug-likeness (QED) is 0.386. The van der Waals surface area contributed by atoms with E-state index in [4.69, 9.17) is 11.6 Å². The fraction of sp³-hybridized carbons (Fsp3) is 0. The second-order valence-corrected chi connectivity index (χ2v) is 7.45. The number of rotatable bonds is 4. The summed E-state index contributed by atoms with van der Waals surface area (Å²) in [6.07, 6.45) is 3.45. The van der Waals surface area contributed by atoms with E-state index in [9.17, 15) is 4.79 Å². The molecule has 6 heteroatoms. The Kier molecular flexibility index (Phi) is 4.94. The van der Waals surface area contributed by atoms with E-state index >= 15 is 0 Å². The lowest BCUT2D eigenvalue weighted by molar-refractivity contribution is 0.102. The van der Waals surface area contributed by atoms with Crippen molar-refractivity contribution in [3.8, 4) is 22.3 Å². The largest absolute Gasteiger partial charge is 0.320 e. The summed E-state index contributed by atoms with van der Waals surface area (Å²) in [7, 11) is 0. The van der Waals surface area contributed by atoms with Gasteiger partial charge in [0.05, 0.1) is 6.20 Å². The molecule has 5 nitrogen and oxygen atoms in total. The van der Waals surface area contributed by atoms with Gasteiger partial charge in [-0.3, -0.25) is 4.79 Å². The average Bonchev–Trinajstić information content (AvgIpc) is 3.23. The third-order valence-electron chi connectivity index (χ3n) is 5.00. The van der Waals surface area contributed by atoms with Gasteiger partial charge in [-0.2, -0.15) is 5.10 Å². The minimum Gasteiger partial charge on any atom is -0.320 e. The van der Waals surface area contributed by atoms with Crippen molar-refractivity contribution in [3.05, 3.63) is 108 Å². The molecule has 1 N–H and O–H groups in total. The molecule has 5 aromatic rings.